The summed E-state index contributed by atoms with van der Waals surface area (Å²) in [4.78, 5) is 30.6. The van der Waals surface area contributed by atoms with Gasteiger partial charge in [0.05, 0.1) is 18.0 Å². The molecule has 0 bridgehead atoms. The first kappa shape index (κ1) is 28.3. The Labute approximate surface area is 239 Å². The number of rotatable bonds is 10. The number of ether oxygens (including phenoxy) is 3. The zero-order valence-corrected chi connectivity index (χ0v) is 24.0. The van der Waals surface area contributed by atoms with Crippen LogP contribution in [0, 0.1) is 18.2 Å². The second-order valence-electron chi connectivity index (χ2n) is 11.7. The number of halogens is 1. The van der Waals surface area contributed by atoms with Crippen LogP contribution >= 0.6 is 0 Å². The first-order chi connectivity index (χ1) is 19.5. The molecule has 1 saturated carbocycles. The number of pyridine rings is 1. The smallest absolute Gasteiger partial charge is 0.166 e. The number of ketones is 2. The number of hydrogen-bond donors (Lipinski definition) is 0. The van der Waals surface area contributed by atoms with Gasteiger partial charge in [-0.25, -0.2) is 4.39 Å². The van der Waals surface area contributed by atoms with Crippen LogP contribution in [0.3, 0.4) is 0 Å². The van der Waals surface area contributed by atoms with Crippen molar-refractivity contribution in [1.82, 2.24) is 4.98 Å². The first-order valence-corrected chi connectivity index (χ1v) is 13.7. The minimum absolute atomic E-state index is 0.0111. The molecule has 5 rings (SSSR count). The second-order valence-corrected chi connectivity index (χ2v) is 11.7. The zero-order chi connectivity index (χ0) is 29.4. The molecule has 6 nitrogen and oxygen atoms in total. The van der Waals surface area contributed by atoms with Gasteiger partial charge in [0.2, 0.25) is 0 Å². The number of aryl methyl sites for hydroxylation is 1. The summed E-state index contributed by atoms with van der Waals surface area (Å²) in [5, 5.41) is 0.632. The summed E-state index contributed by atoms with van der Waals surface area (Å²) in [6, 6.07) is 17.4. The summed E-state index contributed by atoms with van der Waals surface area (Å²) >= 11 is 0. The molecule has 1 aliphatic rings. The Balaban J connectivity index is 1.31. The van der Waals surface area contributed by atoms with Gasteiger partial charge in [0.25, 0.3) is 0 Å². The topological polar surface area (TPSA) is 74.7 Å². The van der Waals surface area contributed by atoms with E-state index in [9.17, 15) is 9.59 Å². The van der Waals surface area contributed by atoms with Crippen molar-refractivity contribution in [3.8, 4) is 23.0 Å². The average Bonchev–Trinajstić information content (AvgIpc) is 3.73. The minimum Gasteiger partial charge on any atom is -0.493 e. The van der Waals surface area contributed by atoms with Crippen LogP contribution in [0.4, 0.5) is 4.39 Å². The number of Topliss-reactive ketones (excluding diaryl/α,β-unsaturated/α-hetero) is 2. The Bertz CT molecular complexity index is 1620. The van der Waals surface area contributed by atoms with E-state index >= 15 is 4.39 Å². The standard InChI is InChI=1S/C34H34FNO5/c1-21-6-8-22(9-7-21)17-31(37)34(13-14-34)32(38)18-23-10-11-28(25(35)16-23)40-27-12-15-36-26-20-30(41-33(2,3)4)29(39-5)19-24(26)27/h6-12,15-16,19-20H,13-14,17-18H2,1-5H3. The Hall–Kier alpha value is -4.26. The monoisotopic (exact) mass is 555 g/mol. The van der Waals surface area contributed by atoms with E-state index in [1.54, 1.807) is 37.6 Å². The third-order valence-corrected chi connectivity index (χ3v) is 7.29. The molecule has 3 aromatic carbocycles. The average molecular weight is 556 g/mol. The highest BCUT2D eigenvalue weighted by Gasteiger charge is 2.54. The van der Waals surface area contributed by atoms with E-state index in [1.165, 1.54) is 12.1 Å². The van der Waals surface area contributed by atoms with Gasteiger partial charge in [0.1, 0.15) is 11.4 Å². The molecule has 0 saturated heterocycles. The van der Waals surface area contributed by atoms with E-state index in [0.717, 1.165) is 11.1 Å². The molecule has 0 unspecified atom stereocenters. The van der Waals surface area contributed by atoms with Crippen molar-refractivity contribution < 1.29 is 28.2 Å². The number of aromatic nitrogens is 1. The molecule has 7 heteroatoms. The molecule has 0 N–H and O–H groups in total. The second kappa shape index (κ2) is 11.0. The normalized spacial score (nSPS) is 14.0. The van der Waals surface area contributed by atoms with Crippen LogP contribution in [0.1, 0.15) is 50.3 Å². The lowest BCUT2D eigenvalue weighted by molar-refractivity contribution is -0.133. The number of carbonyl (C=O) groups excluding carboxylic acids is 2. The molecule has 0 amide bonds. The maximum Gasteiger partial charge on any atom is 0.166 e. The summed E-state index contributed by atoms with van der Waals surface area (Å²) in [5.41, 5.74) is 1.72. The van der Waals surface area contributed by atoms with E-state index in [1.807, 2.05) is 52.0 Å². The van der Waals surface area contributed by atoms with Gasteiger partial charge < -0.3 is 14.2 Å². The molecule has 4 aromatic rings. The molecule has 41 heavy (non-hydrogen) atoms. The lowest BCUT2D eigenvalue weighted by atomic mass is 9.87. The Morgan fingerprint density at radius 3 is 2.12 bits per heavy atom. The SMILES string of the molecule is COc1cc2c(Oc3ccc(CC(=O)C4(C(=O)Cc5ccc(C)cc5)CC4)cc3F)ccnc2cc1OC(C)(C)C. The lowest BCUT2D eigenvalue weighted by Crippen LogP contribution is -2.28. The van der Waals surface area contributed by atoms with Crippen molar-refractivity contribution >= 4 is 22.5 Å². The Morgan fingerprint density at radius 2 is 1.51 bits per heavy atom. The molecule has 1 aliphatic carbocycles. The highest BCUT2D eigenvalue weighted by atomic mass is 19.1. The fraction of sp³-hybridized carbons (Fsp3) is 0.324. The summed E-state index contributed by atoms with van der Waals surface area (Å²) in [7, 11) is 1.55. The number of fused-ring (bicyclic) bond motifs is 1. The van der Waals surface area contributed by atoms with Crippen LogP contribution in [-0.4, -0.2) is 29.3 Å². The van der Waals surface area contributed by atoms with E-state index in [-0.39, 0.29) is 30.2 Å². The van der Waals surface area contributed by atoms with Gasteiger partial charge in [-0.3, -0.25) is 14.6 Å². The van der Waals surface area contributed by atoms with Crippen LogP contribution in [0.25, 0.3) is 10.9 Å². The fourth-order valence-electron chi connectivity index (χ4n) is 4.90. The number of hydrogen-bond acceptors (Lipinski definition) is 6. The molecule has 0 radical (unpaired) electrons. The van der Waals surface area contributed by atoms with Crippen molar-refractivity contribution in [3.05, 3.63) is 89.4 Å². The van der Waals surface area contributed by atoms with E-state index in [4.69, 9.17) is 14.2 Å². The van der Waals surface area contributed by atoms with E-state index in [2.05, 4.69) is 4.98 Å². The van der Waals surface area contributed by atoms with Crippen molar-refractivity contribution in [2.24, 2.45) is 5.41 Å². The van der Waals surface area contributed by atoms with Crippen molar-refractivity contribution in [2.75, 3.05) is 7.11 Å². The first-order valence-electron chi connectivity index (χ1n) is 13.7. The largest absolute Gasteiger partial charge is 0.493 e. The van der Waals surface area contributed by atoms with Gasteiger partial charge in [-0.05, 0) is 75.9 Å². The van der Waals surface area contributed by atoms with Gasteiger partial charge in [0.15, 0.2) is 34.6 Å². The quantitative estimate of drug-likeness (QED) is 0.190. The van der Waals surface area contributed by atoms with E-state index < -0.39 is 16.8 Å². The van der Waals surface area contributed by atoms with Gasteiger partial charge in [-0.2, -0.15) is 0 Å². The summed E-state index contributed by atoms with van der Waals surface area (Å²) < 4.78 is 32.7. The highest BCUT2D eigenvalue weighted by molar-refractivity contribution is 6.11. The van der Waals surface area contributed by atoms with Crippen molar-refractivity contribution in [3.63, 3.8) is 0 Å². The summed E-state index contributed by atoms with van der Waals surface area (Å²) in [6.07, 6.45) is 2.88. The number of benzene rings is 3. The molecular weight excluding hydrogens is 521 g/mol. The number of methoxy groups -OCH3 is 1. The molecule has 0 spiro atoms. The Kier molecular flexibility index (Phi) is 7.56. The van der Waals surface area contributed by atoms with Gasteiger partial charge >= 0.3 is 0 Å². The van der Waals surface area contributed by atoms with Crippen molar-refractivity contribution in [2.45, 2.75) is 59.0 Å². The molecular formula is C34H34FNO5. The maximum atomic E-state index is 15.2. The summed E-state index contributed by atoms with van der Waals surface area (Å²) in [5.74, 6) is 0.631. The highest BCUT2D eigenvalue weighted by Crippen LogP contribution is 2.49. The molecule has 1 aromatic heterocycles. The van der Waals surface area contributed by atoms with Crippen LogP contribution in [0.15, 0.2) is 66.9 Å². The lowest BCUT2D eigenvalue weighted by Gasteiger charge is -2.23. The van der Waals surface area contributed by atoms with Gasteiger partial charge in [-0.1, -0.05) is 35.9 Å². The van der Waals surface area contributed by atoms with E-state index in [0.29, 0.717) is 46.6 Å². The van der Waals surface area contributed by atoms with Crippen molar-refractivity contribution in [1.29, 1.82) is 0 Å². The molecule has 0 aliphatic heterocycles. The van der Waals surface area contributed by atoms with Gasteiger partial charge in [0, 0.05) is 30.5 Å². The molecule has 1 fully saturated rings. The molecule has 212 valence electrons. The van der Waals surface area contributed by atoms with Crippen LogP contribution in [0.2, 0.25) is 0 Å². The maximum absolute atomic E-state index is 15.2. The fourth-order valence-corrected chi connectivity index (χ4v) is 4.90. The zero-order valence-electron chi connectivity index (χ0n) is 24.0. The molecule has 1 heterocycles. The number of nitrogens with zero attached hydrogens (tertiary/aromatic N) is 1. The predicted octanol–water partition coefficient (Wildman–Crippen LogP) is 7.36. The summed E-state index contributed by atoms with van der Waals surface area (Å²) in [6.45, 7) is 7.81. The minimum atomic E-state index is -0.957. The third kappa shape index (κ3) is 6.24. The third-order valence-electron chi connectivity index (χ3n) is 7.29. The van der Waals surface area contributed by atoms with Crippen LogP contribution in [0.5, 0.6) is 23.0 Å². The molecule has 0 atom stereocenters. The van der Waals surface area contributed by atoms with Crippen LogP contribution in [-0.2, 0) is 22.4 Å². The predicted molar refractivity (Wildman–Crippen MR) is 155 cm³/mol. The van der Waals surface area contributed by atoms with Gasteiger partial charge in [-0.15, -0.1) is 0 Å². The van der Waals surface area contributed by atoms with Crippen LogP contribution < -0.4 is 14.2 Å². The number of carbonyl (C=O) groups is 2. The Morgan fingerprint density at radius 1 is 0.854 bits per heavy atom.